The maximum absolute atomic E-state index is 11.7. The average molecular weight is 226 g/mol. The molecule has 1 aliphatic heterocycles. The molecular weight excluding hydrogens is 200 g/mol. The van der Waals surface area contributed by atoms with Gasteiger partial charge < -0.3 is 10.6 Å². The molecule has 0 radical (unpaired) electrons. The molecule has 0 aromatic heterocycles. The molecule has 1 fully saturated rings. The summed E-state index contributed by atoms with van der Waals surface area (Å²) in [6.07, 6.45) is 3.06. The van der Waals surface area contributed by atoms with Crippen LogP contribution in [-0.2, 0) is 4.79 Å². The molecule has 1 heterocycles. The van der Waals surface area contributed by atoms with Gasteiger partial charge in [0.05, 0.1) is 0 Å². The van der Waals surface area contributed by atoms with Crippen molar-refractivity contribution in [2.24, 2.45) is 11.3 Å². The quantitative estimate of drug-likeness (QED) is 0.769. The predicted octanol–water partition coefficient (Wildman–Crippen LogP) is 1.93. The van der Waals surface area contributed by atoms with Gasteiger partial charge in [-0.1, -0.05) is 27.7 Å². The van der Waals surface area contributed by atoms with Crippen molar-refractivity contribution < 1.29 is 4.79 Å². The van der Waals surface area contributed by atoms with Crippen LogP contribution < -0.4 is 10.6 Å². The Balaban J connectivity index is 2.20. The van der Waals surface area contributed by atoms with Crippen molar-refractivity contribution in [1.82, 2.24) is 10.6 Å². The smallest absolute Gasteiger partial charge is 0.220 e. The van der Waals surface area contributed by atoms with Crippen LogP contribution >= 0.6 is 0 Å². The van der Waals surface area contributed by atoms with E-state index in [4.69, 9.17) is 0 Å². The number of hydrogen-bond donors (Lipinski definition) is 2. The van der Waals surface area contributed by atoms with Gasteiger partial charge >= 0.3 is 0 Å². The molecule has 3 nitrogen and oxygen atoms in total. The number of rotatable bonds is 4. The molecule has 3 heteroatoms. The van der Waals surface area contributed by atoms with Gasteiger partial charge in [-0.05, 0) is 30.7 Å². The molecule has 16 heavy (non-hydrogen) atoms. The highest BCUT2D eigenvalue weighted by Crippen LogP contribution is 2.27. The largest absolute Gasteiger partial charge is 0.355 e. The Morgan fingerprint density at radius 2 is 2.19 bits per heavy atom. The van der Waals surface area contributed by atoms with Crippen LogP contribution in [0.2, 0.25) is 0 Å². The zero-order valence-electron chi connectivity index (χ0n) is 11.1. The normalized spacial score (nSPS) is 23.1. The summed E-state index contributed by atoms with van der Waals surface area (Å²) in [5.74, 6) is 0.611. The molecule has 1 amide bonds. The summed E-state index contributed by atoms with van der Waals surface area (Å²) in [6, 6.07) is 0.494. The molecule has 2 unspecified atom stereocenters. The molecule has 1 rings (SSSR count). The molecular formula is C13H26N2O. The van der Waals surface area contributed by atoms with Gasteiger partial charge in [-0.15, -0.1) is 0 Å². The summed E-state index contributed by atoms with van der Waals surface area (Å²) >= 11 is 0. The van der Waals surface area contributed by atoms with E-state index in [9.17, 15) is 4.79 Å². The van der Waals surface area contributed by atoms with Gasteiger partial charge in [0.2, 0.25) is 5.91 Å². The lowest BCUT2D eigenvalue weighted by Crippen LogP contribution is -2.38. The van der Waals surface area contributed by atoms with Crippen molar-refractivity contribution in [3.8, 4) is 0 Å². The first kappa shape index (κ1) is 13.5. The second-order valence-electron chi connectivity index (χ2n) is 6.07. The summed E-state index contributed by atoms with van der Waals surface area (Å²) in [7, 11) is 0. The van der Waals surface area contributed by atoms with Crippen LogP contribution in [0.4, 0.5) is 0 Å². The number of carbonyl (C=O) groups is 1. The minimum absolute atomic E-state index is 0.191. The van der Waals surface area contributed by atoms with Crippen LogP contribution in [0, 0.1) is 11.3 Å². The Morgan fingerprint density at radius 3 is 2.69 bits per heavy atom. The van der Waals surface area contributed by atoms with Crippen molar-refractivity contribution in [1.29, 1.82) is 0 Å². The monoisotopic (exact) mass is 226 g/mol. The zero-order valence-corrected chi connectivity index (χ0v) is 11.1. The van der Waals surface area contributed by atoms with Gasteiger partial charge in [0.25, 0.3) is 0 Å². The van der Waals surface area contributed by atoms with E-state index in [1.54, 1.807) is 0 Å². The number of hydrogen-bond acceptors (Lipinski definition) is 2. The lowest BCUT2D eigenvalue weighted by molar-refractivity contribution is -0.122. The average Bonchev–Trinajstić information content (AvgIpc) is 2.65. The lowest BCUT2D eigenvalue weighted by Gasteiger charge is -2.26. The fourth-order valence-corrected chi connectivity index (χ4v) is 1.82. The van der Waals surface area contributed by atoms with E-state index >= 15 is 0 Å². The predicted molar refractivity (Wildman–Crippen MR) is 67.3 cm³/mol. The van der Waals surface area contributed by atoms with Crippen molar-refractivity contribution in [2.45, 2.75) is 53.0 Å². The third-order valence-electron chi connectivity index (χ3n) is 3.68. The Morgan fingerprint density at radius 1 is 1.50 bits per heavy atom. The third kappa shape index (κ3) is 4.52. The molecule has 2 atom stereocenters. The van der Waals surface area contributed by atoms with E-state index < -0.39 is 0 Å². The number of carbonyl (C=O) groups excluding carboxylic acids is 1. The first-order chi connectivity index (χ1) is 7.39. The van der Waals surface area contributed by atoms with E-state index in [-0.39, 0.29) is 11.3 Å². The first-order valence-corrected chi connectivity index (χ1v) is 6.39. The molecule has 1 saturated heterocycles. The molecule has 94 valence electrons. The summed E-state index contributed by atoms with van der Waals surface area (Å²) in [5, 5.41) is 6.41. The molecule has 2 N–H and O–H groups in total. The zero-order chi connectivity index (χ0) is 12.2. The maximum Gasteiger partial charge on any atom is 0.220 e. The van der Waals surface area contributed by atoms with Gasteiger partial charge in [-0.25, -0.2) is 0 Å². The van der Waals surface area contributed by atoms with Gasteiger partial charge in [0, 0.05) is 19.0 Å². The minimum Gasteiger partial charge on any atom is -0.355 e. The van der Waals surface area contributed by atoms with Crippen LogP contribution in [0.3, 0.4) is 0 Å². The molecule has 1 aliphatic rings. The van der Waals surface area contributed by atoms with E-state index in [0.717, 1.165) is 13.1 Å². The first-order valence-electron chi connectivity index (χ1n) is 6.39. The fraction of sp³-hybridized carbons (Fsp3) is 0.923. The third-order valence-corrected chi connectivity index (χ3v) is 3.68. The van der Waals surface area contributed by atoms with Gasteiger partial charge in [0.15, 0.2) is 0 Å². The molecule has 0 saturated carbocycles. The van der Waals surface area contributed by atoms with Gasteiger partial charge in [-0.2, -0.15) is 0 Å². The number of amides is 1. The topological polar surface area (TPSA) is 41.1 Å². The summed E-state index contributed by atoms with van der Waals surface area (Å²) in [6.45, 7) is 10.6. The lowest BCUT2D eigenvalue weighted by atomic mass is 9.80. The molecule has 0 bridgehead atoms. The summed E-state index contributed by atoms with van der Waals surface area (Å²) in [5.41, 5.74) is 0.211. The van der Waals surface area contributed by atoms with E-state index in [1.807, 2.05) is 0 Å². The van der Waals surface area contributed by atoms with E-state index in [2.05, 4.69) is 38.3 Å². The van der Waals surface area contributed by atoms with Gasteiger partial charge in [-0.3, -0.25) is 4.79 Å². The van der Waals surface area contributed by atoms with Crippen molar-refractivity contribution in [2.75, 3.05) is 13.1 Å². The standard InChI is InChI=1S/C13H26N2O/c1-10(13(2,3)4)8-12(16)15-9-11-6-5-7-14-11/h10-11,14H,5-9H2,1-4H3,(H,15,16). The van der Waals surface area contributed by atoms with E-state index in [0.29, 0.717) is 18.4 Å². The highest BCUT2D eigenvalue weighted by Gasteiger charge is 2.23. The van der Waals surface area contributed by atoms with Crippen LogP contribution in [0.5, 0.6) is 0 Å². The minimum atomic E-state index is 0.191. The SMILES string of the molecule is CC(CC(=O)NCC1CCCN1)C(C)(C)C. The van der Waals surface area contributed by atoms with Crippen molar-refractivity contribution >= 4 is 5.91 Å². The van der Waals surface area contributed by atoms with Crippen LogP contribution in [0.1, 0.15) is 47.0 Å². The van der Waals surface area contributed by atoms with E-state index in [1.165, 1.54) is 12.8 Å². The van der Waals surface area contributed by atoms with Crippen LogP contribution in [0.15, 0.2) is 0 Å². The van der Waals surface area contributed by atoms with Crippen molar-refractivity contribution in [3.05, 3.63) is 0 Å². The van der Waals surface area contributed by atoms with Crippen LogP contribution in [-0.4, -0.2) is 25.0 Å². The highest BCUT2D eigenvalue weighted by atomic mass is 16.1. The van der Waals surface area contributed by atoms with Crippen LogP contribution in [0.25, 0.3) is 0 Å². The molecule has 0 aliphatic carbocycles. The van der Waals surface area contributed by atoms with Crippen molar-refractivity contribution in [3.63, 3.8) is 0 Å². The molecule has 0 aromatic rings. The molecule has 0 spiro atoms. The molecule has 0 aromatic carbocycles. The summed E-state index contributed by atoms with van der Waals surface area (Å²) < 4.78 is 0. The highest BCUT2D eigenvalue weighted by molar-refractivity contribution is 5.76. The maximum atomic E-state index is 11.7. The Bertz CT molecular complexity index is 227. The fourth-order valence-electron chi connectivity index (χ4n) is 1.82. The Hall–Kier alpha value is -0.570. The summed E-state index contributed by atoms with van der Waals surface area (Å²) in [4.78, 5) is 11.7. The Labute approximate surface area is 99.4 Å². The second-order valence-corrected chi connectivity index (χ2v) is 6.07. The van der Waals surface area contributed by atoms with Gasteiger partial charge in [0.1, 0.15) is 0 Å². The Kier molecular flexibility index (Phi) is 4.78. The number of nitrogens with one attached hydrogen (secondary N) is 2. The second kappa shape index (κ2) is 5.67.